The number of aromatic hydroxyl groups is 1. The second kappa shape index (κ2) is 14.2. The summed E-state index contributed by atoms with van der Waals surface area (Å²) in [5, 5.41) is 10.9. The van der Waals surface area contributed by atoms with Crippen LogP contribution in [0.3, 0.4) is 0 Å². The van der Waals surface area contributed by atoms with Crippen LogP contribution in [0, 0.1) is 17.8 Å². The number of nitrogens with zero attached hydrogens (tertiary/aromatic N) is 1. The van der Waals surface area contributed by atoms with E-state index in [9.17, 15) is 9.90 Å². The number of hydrogen-bond acceptors (Lipinski definition) is 4. The van der Waals surface area contributed by atoms with E-state index in [1.165, 1.54) is 6.42 Å². The van der Waals surface area contributed by atoms with Crippen molar-refractivity contribution < 1.29 is 14.6 Å². The highest BCUT2D eigenvalue weighted by Crippen LogP contribution is 2.37. The molecular formula is C32H48ClNO3. The van der Waals surface area contributed by atoms with Crippen LogP contribution in [0.4, 0.5) is 0 Å². The van der Waals surface area contributed by atoms with E-state index in [0.29, 0.717) is 35.4 Å². The molecule has 0 aromatic heterocycles. The normalized spacial score (nSPS) is 20.8. The van der Waals surface area contributed by atoms with Crippen LogP contribution in [-0.2, 0) is 4.74 Å². The first kappa shape index (κ1) is 31.2. The molecule has 5 heteroatoms. The van der Waals surface area contributed by atoms with Gasteiger partial charge < -0.3 is 9.84 Å². The predicted molar refractivity (Wildman–Crippen MR) is 156 cm³/mol. The molecule has 1 N–H and O–H groups in total. The van der Waals surface area contributed by atoms with Gasteiger partial charge in [-0.05, 0) is 95.0 Å². The minimum Gasteiger partial charge on any atom is -0.508 e. The Hall–Kier alpha value is -2.04. The summed E-state index contributed by atoms with van der Waals surface area (Å²) in [4.78, 5) is 15.8. The molecule has 0 saturated heterocycles. The highest BCUT2D eigenvalue weighted by molar-refractivity contribution is 5.90. The number of ether oxygens (including phenoxy) is 1. The van der Waals surface area contributed by atoms with Crippen molar-refractivity contribution in [2.24, 2.45) is 17.8 Å². The van der Waals surface area contributed by atoms with Crippen LogP contribution in [0.1, 0.15) is 102 Å². The lowest BCUT2D eigenvalue weighted by molar-refractivity contribution is -0.0174. The van der Waals surface area contributed by atoms with Crippen LogP contribution in [-0.4, -0.2) is 40.7 Å². The molecule has 2 aromatic rings. The molecule has 0 heterocycles. The highest BCUT2D eigenvalue weighted by Gasteiger charge is 2.34. The van der Waals surface area contributed by atoms with Gasteiger partial charge in [0.2, 0.25) is 0 Å². The Morgan fingerprint density at radius 2 is 1.65 bits per heavy atom. The van der Waals surface area contributed by atoms with Gasteiger partial charge in [0.15, 0.2) is 0 Å². The molecular weight excluding hydrogens is 482 g/mol. The number of phenolic OH excluding ortho intramolecular Hbond substituents is 1. The first-order chi connectivity index (χ1) is 17.1. The third kappa shape index (κ3) is 8.22. The maximum atomic E-state index is 13.3. The van der Waals surface area contributed by atoms with Gasteiger partial charge in [-0.25, -0.2) is 4.79 Å². The van der Waals surface area contributed by atoms with Crippen LogP contribution in [0.25, 0.3) is 0 Å². The lowest BCUT2D eigenvalue weighted by atomic mass is 9.75. The second-order valence-electron chi connectivity index (χ2n) is 11.7. The summed E-state index contributed by atoms with van der Waals surface area (Å²) in [5.41, 5.74) is 2.46. The number of halogens is 1. The fraction of sp³-hybridized carbons (Fsp3) is 0.594. The zero-order valence-electron chi connectivity index (χ0n) is 23.8. The number of phenols is 1. The van der Waals surface area contributed by atoms with Crippen LogP contribution in [0.5, 0.6) is 5.75 Å². The zero-order chi connectivity index (χ0) is 26.4. The average molecular weight is 530 g/mol. The van der Waals surface area contributed by atoms with E-state index in [0.717, 1.165) is 36.9 Å². The molecule has 0 aliphatic heterocycles. The third-order valence-electron chi connectivity index (χ3n) is 8.06. The zero-order valence-corrected chi connectivity index (χ0v) is 24.6. The van der Waals surface area contributed by atoms with E-state index in [-0.39, 0.29) is 36.1 Å². The molecule has 206 valence electrons. The molecule has 1 aliphatic rings. The van der Waals surface area contributed by atoms with Crippen LogP contribution in [0.2, 0.25) is 0 Å². The first-order valence-electron chi connectivity index (χ1n) is 13.9. The van der Waals surface area contributed by atoms with Crippen molar-refractivity contribution in [3.05, 3.63) is 65.2 Å². The summed E-state index contributed by atoms with van der Waals surface area (Å²) in [7, 11) is 0. The number of rotatable bonds is 10. The summed E-state index contributed by atoms with van der Waals surface area (Å²) >= 11 is 0. The van der Waals surface area contributed by atoms with E-state index in [2.05, 4.69) is 65.5 Å². The molecule has 0 amide bonds. The van der Waals surface area contributed by atoms with Crippen molar-refractivity contribution in [1.29, 1.82) is 0 Å². The van der Waals surface area contributed by atoms with Gasteiger partial charge in [0.25, 0.3) is 0 Å². The molecule has 1 fully saturated rings. The highest BCUT2D eigenvalue weighted by atomic mass is 35.5. The van der Waals surface area contributed by atoms with E-state index in [4.69, 9.17) is 4.74 Å². The van der Waals surface area contributed by atoms with Crippen molar-refractivity contribution in [3.63, 3.8) is 0 Å². The lowest BCUT2D eigenvalue weighted by Crippen LogP contribution is -2.38. The molecule has 0 spiro atoms. The predicted octanol–water partition coefficient (Wildman–Crippen LogP) is 8.07. The minimum absolute atomic E-state index is 0. The van der Waals surface area contributed by atoms with Gasteiger partial charge in [-0.2, -0.15) is 0 Å². The Balaban J connectivity index is 0.00000481. The Morgan fingerprint density at radius 1 is 1.00 bits per heavy atom. The summed E-state index contributed by atoms with van der Waals surface area (Å²) in [6.45, 7) is 16.5. The summed E-state index contributed by atoms with van der Waals surface area (Å²) in [6, 6.07) is 16.4. The Morgan fingerprint density at radius 3 is 2.24 bits per heavy atom. The fourth-order valence-electron chi connectivity index (χ4n) is 5.99. The van der Waals surface area contributed by atoms with E-state index < -0.39 is 0 Å². The molecule has 4 atom stereocenters. The van der Waals surface area contributed by atoms with E-state index in [1.807, 2.05) is 24.3 Å². The molecule has 1 aliphatic carbocycles. The number of benzene rings is 2. The largest absolute Gasteiger partial charge is 0.508 e. The van der Waals surface area contributed by atoms with Crippen LogP contribution in [0.15, 0.2) is 48.5 Å². The van der Waals surface area contributed by atoms with Gasteiger partial charge in [0.1, 0.15) is 11.9 Å². The van der Waals surface area contributed by atoms with Gasteiger partial charge in [0.05, 0.1) is 5.56 Å². The number of carbonyl (C=O) groups is 1. The van der Waals surface area contributed by atoms with Gasteiger partial charge in [0, 0.05) is 23.6 Å². The second-order valence-corrected chi connectivity index (χ2v) is 11.7. The Bertz CT molecular complexity index is 967. The first-order valence-corrected chi connectivity index (χ1v) is 13.9. The van der Waals surface area contributed by atoms with Crippen molar-refractivity contribution in [3.8, 4) is 5.75 Å². The molecule has 0 radical (unpaired) electrons. The summed E-state index contributed by atoms with van der Waals surface area (Å²) in [5.74, 6) is 1.39. The Labute approximate surface area is 231 Å². The van der Waals surface area contributed by atoms with Gasteiger partial charge in [-0.15, -0.1) is 12.4 Å². The maximum absolute atomic E-state index is 13.3. The van der Waals surface area contributed by atoms with Gasteiger partial charge >= 0.3 is 5.97 Å². The maximum Gasteiger partial charge on any atom is 0.338 e. The molecule has 0 unspecified atom stereocenters. The van der Waals surface area contributed by atoms with Crippen LogP contribution < -0.4 is 0 Å². The fourth-order valence-corrected chi connectivity index (χ4v) is 5.99. The topological polar surface area (TPSA) is 49.8 Å². The monoisotopic (exact) mass is 529 g/mol. The van der Waals surface area contributed by atoms with Crippen molar-refractivity contribution >= 4 is 18.4 Å². The smallest absolute Gasteiger partial charge is 0.338 e. The molecule has 4 nitrogen and oxygen atoms in total. The lowest BCUT2D eigenvalue weighted by Gasteiger charge is -2.36. The van der Waals surface area contributed by atoms with Crippen molar-refractivity contribution in [2.45, 2.75) is 98.3 Å². The summed E-state index contributed by atoms with van der Waals surface area (Å²) in [6.07, 6.45) is 4.03. The van der Waals surface area contributed by atoms with Crippen LogP contribution >= 0.6 is 12.4 Å². The van der Waals surface area contributed by atoms with Crippen molar-refractivity contribution in [2.75, 3.05) is 6.54 Å². The summed E-state index contributed by atoms with van der Waals surface area (Å²) < 4.78 is 6.13. The number of esters is 1. The van der Waals surface area contributed by atoms with E-state index >= 15 is 0 Å². The SMILES string of the molecule is CC(C)[C@H]1CC[C@H](C)C[C@@H]1OC(=O)c1ccc(O)c([C@H](CCN(C(C)C)C(C)C)c2ccccc2)c1.Cl. The molecule has 2 aromatic carbocycles. The molecule has 1 saturated carbocycles. The number of carbonyl (C=O) groups excluding carboxylic acids is 1. The minimum atomic E-state index is -0.279. The standard InChI is InChI=1S/C32H47NO3.ClH/c1-21(2)27-15-13-24(7)19-31(27)36-32(35)26-14-16-30(34)29(20-26)28(25-11-9-8-10-12-25)17-18-33(22(3)4)23(5)6;/h8-12,14,16,20-24,27-28,31,34H,13,15,17-19H2,1-7H3;1H/t24-,27+,28+,31-;/m0./s1. The van der Waals surface area contributed by atoms with Gasteiger partial charge in [-0.1, -0.05) is 57.5 Å². The van der Waals surface area contributed by atoms with E-state index in [1.54, 1.807) is 12.1 Å². The molecule has 0 bridgehead atoms. The molecule has 37 heavy (non-hydrogen) atoms. The molecule has 3 rings (SSSR count). The average Bonchev–Trinajstić information content (AvgIpc) is 2.82. The van der Waals surface area contributed by atoms with Gasteiger partial charge in [-0.3, -0.25) is 4.90 Å². The quantitative estimate of drug-likeness (QED) is 0.316. The third-order valence-corrected chi connectivity index (χ3v) is 8.06. The van der Waals surface area contributed by atoms with Crippen molar-refractivity contribution in [1.82, 2.24) is 4.90 Å². The Kier molecular flexibility index (Phi) is 12.0. The number of hydrogen-bond donors (Lipinski definition) is 1.